The summed E-state index contributed by atoms with van der Waals surface area (Å²) in [5.74, 6) is 0.868. The smallest absolute Gasteiger partial charge is 0.437 e. The number of benzene rings is 1. The summed E-state index contributed by atoms with van der Waals surface area (Å²) >= 11 is 0. The van der Waals surface area contributed by atoms with E-state index in [-0.39, 0.29) is 17.2 Å². The molecule has 0 saturated carbocycles. The van der Waals surface area contributed by atoms with Crippen molar-refractivity contribution in [2.75, 3.05) is 44.2 Å². The van der Waals surface area contributed by atoms with E-state index in [2.05, 4.69) is 39.2 Å². The van der Waals surface area contributed by atoms with Crippen molar-refractivity contribution in [3.8, 4) is 17.0 Å². The molecular weight excluding hydrogens is 541 g/mol. The van der Waals surface area contributed by atoms with E-state index in [1.807, 2.05) is 31.2 Å². The monoisotopic (exact) mass is 580 g/mol. The molecule has 224 valence electrons. The number of nitrogens with zero attached hydrogens (tertiary/aromatic N) is 5. The van der Waals surface area contributed by atoms with E-state index < -0.39 is 11.9 Å². The first-order valence-corrected chi connectivity index (χ1v) is 15.1. The number of ether oxygens (including phenoxy) is 1. The van der Waals surface area contributed by atoms with E-state index in [0.717, 1.165) is 74.3 Å². The fourth-order valence-electron chi connectivity index (χ4n) is 7.40. The lowest BCUT2D eigenvalue weighted by Gasteiger charge is -2.53. The van der Waals surface area contributed by atoms with Crippen molar-refractivity contribution in [1.29, 1.82) is 0 Å². The number of hydrogen-bond acceptors (Lipinski definition) is 7. The van der Waals surface area contributed by atoms with Gasteiger partial charge in [0, 0.05) is 62.1 Å². The number of nitrogens with one attached hydrogen (secondary N) is 1. The number of para-hydroxylation sites is 1. The second kappa shape index (κ2) is 11.8. The van der Waals surface area contributed by atoms with Crippen molar-refractivity contribution in [3.63, 3.8) is 0 Å². The molecule has 3 aromatic rings. The van der Waals surface area contributed by atoms with Crippen LogP contribution < -0.4 is 15.0 Å². The van der Waals surface area contributed by atoms with Gasteiger partial charge < -0.3 is 15.0 Å². The predicted molar refractivity (Wildman–Crippen MR) is 156 cm³/mol. The molecule has 3 atom stereocenters. The van der Waals surface area contributed by atoms with Crippen LogP contribution in [0.3, 0.4) is 0 Å². The Morgan fingerprint density at radius 1 is 1.10 bits per heavy atom. The highest BCUT2D eigenvalue weighted by Gasteiger charge is 2.50. The quantitative estimate of drug-likeness (QED) is 0.385. The summed E-state index contributed by atoms with van der Waals surface area (Å²) in [6.45, 7) is 9.26. The fraction of sp³-hybridized carbons (Fsp3) is 0.531. The molecule has 1 spiro atoms. The third-order valence-electron chi connectivity index (χ3n) is 9.28. The molecular formula is C32H39F3N6O. The molecule has 6 rings (SSSR count). The van der Waals surface area contributed by atoms with Gasteiger partial charge in [0.2, 0.25) is 0 Å². The molecule has 0 bridgehead atoms. The van der Waals surface area contributed by atoms with Gasteiger partial charge in [0.1, 0.15) is 5.75 Å². The summed E-state index contributed by atoms with van der Waals surface area (Å²) in [7, 11) is 0. The minimum Gasteiger partial charge on any atom is -0.493 e. The van der Waals surface area contributed by atoms with Crippen LogP contribution in [0.5, 0.6) is 5.75 Å². The molecule has 1 N–H and O–H groups in total. The molecule has 7 nitrogen and oxygen atoms in total. The molecule has 0 radical (unpaired) electrons. The SMILES string of the molecule is CCOc1ccccc1-c1ccc2c(n1)CN(C[C@H]1CCCN1)C[C@]21CCN(c2nccnc2C(F)(F)F)C[C@H]1CC. The maximum Gasteiger partial charge on any atom is 0.437 e. The van der Waals surface area contributed by atoms with E-state index in [4.69, 9.17) is 9.72 Å². The van der Waals surface area contributed by atoms with Crippen molar-refractivity contribution in [2.24, 2.45) is 5.92 Å². The van der Waals surface area contributed by atoms with Crippen LogP contribution in [-0.4, -0.2) is 65.2 Å². The summed E-state index contributed by atoms with van der Waals surface area (Å²) < 4.78 is 47.5. The van der Waals surface area contributed by atoms with Crippen LogP contribution >= 0.6 is 0 Å². The number of anilines is 1. The number of fused-ring (bicyclic) bond motifs is 2. The first-order chi connectivity index (χ1) is 20.3. The van der Waals surface area contributed by atoms with Gasteiger partial charge in [-0.05, 0) is 62.4 Å². The number of pyridine rings is 1. The predicted octanol–water partition coefficient (Wildman–Crippen LogP) is 5.70. The van der Waals surface area contributed by atoms with Gasteiger partial charge in [-0.15, -0.1) is 0 Å². The Kier molecular flexibility index (Phi) is 8.11. The number of piperidine rings is 1. The molecule has 2 fully saturated rings. The first-order valence-electron chi connectivity index (χ1n) is 15.1. The molecule has 3 aliphatic heterocycles. The van der Waals surface area contributed by atoms with E-state index in [9.17, 15) is 13.2 Å². The molecule has 10 heteroatoms. The molecule has 42 heavy (non-hydrogen) atoms. The van der Waals surface area contributed by atoms with Crippen molar-refractivity contribution in [2.45, 2.75) is 63.7 Å². The van der Waals surface area contributed by atoms with E-state index in [1.54, 1.807) is 4.90 Å². The van der Waals surface area contributed by atoms with Gasteiger partial charge >= 0.3 is 6.18 Å². The molecule has 0 aliphatic carbocycles. The molecule has 2 saturated heterocycles. The molecule has 2 aromatic heterocycles. The summed E-state index contributed by atoms with van der Waals surface area (Å²) in [5, 5.41) is 3.64. The Morgan fingerprint density at radius 2 is 1.93 bits per heavy atom. The zero-order valence-corrected chi connectivity index (χ0v) is 24.3. The number of aromatic nitrogens is 3. The van der Waals surface area contributed by atoms with Crippen LogP contribution in [0, 0.1) is 5.92 Å². The van der Waals surface area contributed by atoms with Gasteiger partial charge in [-0.3, -0.25) is 9.88 Å². The van der Waals surface area contributed by atoms with Gasteiger partial charge in [-0.2, -0.15) is 13.2 Å². The number of hydrogen-bond donors (Lipinski definition) is 1. The molecule has 0 unspecified atom stereocenters. The Hall–Kier alpha value is -3.24. The second-order valence-corrected chi connectivity index (χ2v) is 11.8. The Balaban J connectivity index is 1.38. The van der Waals surface area contributed by atoms with Crippen LogP contribution in [0.4, 0.5) is 19.0 Å². The highest BCUT2D eigenvalue weighted by atomic mass is 19.4. The first kappa shape index (κ1) is 28.9. The summed E-state index contributed by atoms with van der Waals surface area (Å²) in [6.07, 6.45) is 1.81. The lowest BCUT2D eigenvalue weighted by molar-refractivity contribution is -0.140. The van der Waals surface area contributed by atoms with Gasteiger partial charge in [0.05, 0.1) is 18.0 Å². The highest BCUT2D eigenvalue weighted by Crippen LogP contribution is 2.48. The Bertz CT molecular complexity index is 1390. The molecule has 1 aromatic carbocycles. The fourth-order valence-corrected chi connectivity index (χ4v) is 7.40. The maximum absolute atomic E-state index is 13.9. The van der Waals surface area contributed by atoms with Crippen LogP contribution in [0.25, 0.3) is 11.3 Å². The second-order valence-electron chi connectivity index (χ2n) is 11.8. The Morgan fingerprint density at radius 3 is 2.69 bits per heavy atom. The topological polar surface area (TPSA) is 66.4 Å². The minimum absolute atomic E-state index is 0.0673. The van der Waals surface area contributed by atoms with Gasteiger partial charge in [-0.25, -0.2) is 9.97 Å². The van der Waals surface area contributed by atoms with Crippen molar-refractivity contribution < 1.29 is 17.9 Å². The third kappa shape index (κ3) is 5.46. The average molecular weight is 581 g/mol. The van der Waals surface area contributed by atoms with Crippen LogP contribution in [-0.2, 0) is 18.1 Å². The third-order valence-corrected chi connectivity index (χ3v) is 9.28. The normalized spacial score (nSPS) is 24.6. The zero-order chi connectivity index (χ0) is 29.3. The summed E-state index contributed by atoms with van der Waals surface area (Å²) in [4.78, 5) is 17.4. The summed E-state index contributed by atoms with van der Waals surface area (Å²) in [5.41, 5.74) is 3.02. The minimum atomic E-state index is -4.55. The van der Waals surface area contributed by atoms with Crippen molar-refractivity contribution >= 4 is 5.82 Å². The number of alkyl halides is 3. The number of halogens is 3. The van der Waals surface area contributed by atoms with Crippen molar-refractivity contribution in [3.05, 3.63) is 65.7 Å². The highest BCUT2D eigenvalue weighted by molar-refractivity contribution is 5.68. The van der Waals surface area contributed by atoms with Gasteiger partial charge in [0.25, 0.3) is 0 Å². The lowest BCUT2D eigenvalue weighted by Crippen LogP contribution is -2.58. The Labute approximate surface area is 245 Å². The van der Waals surface area contributed by atoms with Crippen LogP contribution in [0.15, 0.2) is 48.8 Å². The lowest BCUT2D eigenvalue weighted by atomic mass is 9.62. The van der Waals surface area contributed by atoms with Crippen LogP contribution in [0.2, 0.25) is 0 Å². The van der Waals surface area contributed by atoms with Gasteiger partial charge in [-0.1, -0.05) is 31.5 Å². The largest absolute Gasteiger partial charge is 0.493 e. The molecule has 5 heterocycles. The van der Waals surface area contributed by atoms with E-state index in [0.29, 0.717) is 25.7 Å². The molecule has 3 aliphatic rings. The number of rotatable bonds is 7. The van der Waals surface area contributed by atoms with Gasteiger partial charge in [0.15, 0.2) is 11.5 Å². The standard InChI is InChI=1S/C32H39F3N6O/c1-3-22-18-41(30-29(32(33,34)35)37-15-16-38-30)17-13-31(22)21-40(19-23-8-7-14-36-23)20-27-25(31)11-12-26(39-27)24-9-5-6-10-28(24)42-4-2/h5-6,9-12,15-16,22-23,36H,3-4,7-8,13-14,17-21H2,1-2H3/t22-,23-,31+/m1/s1. The average Bonchev–Trinajstić information content (AvgIpc) is 3.50. The summed E-state index contributed by atoms with van der Waals surface area (Å²) in [6, 6.07) is 12.8. The zero-order valence-electron chi connectivity index (χ0n) is 24.3. The van der Waals surface area contributed by atoms with Crippen molar-refractivity contribution in [1.82, 2.24) is 25.2 Å². The molecule has 0 amide bonds. The van der Waals surface area contributed by atoms with E-state index >= 15 is 0 Å². The maximum atomic E-state index is 13.9. The van der Waals surface area contributed by atoms with Crippen LogP contribution in [0.1, 0.15) is 56.5 Å². The van der Waals surface area contributed by atoms with E-state index in [1.165, 1.54) is 18.2 Å².